The summed E-state index contributed by atoms with van der Waals surface area (Å²) < 4.78 is 58.9. The first-order chi connectivity index (χ1) is 29.5. The second kappa shape index (κ2) is 20.7. The highest BCUT2D eigenvalue weighted by molar-refractivity contribution is 6.08. The maximum absolute atomic E-state index is 17.0. The van der Waals surface area contributed by atoms with Gasteiger partial charge >= 0.3 is 24.0 Å². The Balaban J connectivity index is 1.78. The maximum Gasteiger partial charge on any atom is 0.425 e. The first-order valence-corrected chi connectivity index (χ1v) is 21.2. The maximum atomic E-state index is 17.0. The highest BCUT2D eigenvalue weighted by Crippen LogP contribution is 2.43. The third-order valence-electron chi connectivity index (χ3n) is 12.8. The first-order valence-electron chi connectivity index (χ1n) is 21.2. The monoisotopic (exact) mass is 898 g/mol. The van der Waals surface area contributed by atoms with Crippen molar-refractivity contribution in [3.8, 4) is 0 Å². The highest BCUT2D eigenvalue weighted by Gasteiger charge is 2.62. The lowest BCUT2D eigenvalue weighted by Gasteiger charge is -2.47. The zero-order valence-corrected chi connectivity index (χ0v) is 39.0. The smallest absolute Gasteiger partial charge is 0.425 e. The van der Waals surface area contributed by atoms with Crippen LogP contribution in [0.15, 0.2) is 11.5 Å². The van der Waals surface area contributed by atoms with Crippen LogP contribution in [0.3, 0.4) is 0 Å². The van der Waals surface area contributed by atoms with Gasteiger partial charge in [0.2, 0.25) is 0 Å². The molecule has 356 valence electrons. The van der Waals surface area contributed by atoms with E-state index in [0.717, 1.165) is 14.0 Å². The van der Waals surface area contributed by atoms with Gasteiger partial charge in [0.05, 0.1) is 44.1 Å². The molecule has 1 amide bonds. The van der Waals surface area contributed by atoms with E-state index in [2.05, 4.69) is 15.6 Å². The zero-order chi connectivity index (χ0) is 47.4. The minimum Gasteiger partial charge on any atom is -0.464 e. The number of hydrazine groups is 1. The summed E-state index contributed by atoms with van der Waals surface area (Å²) in [4.78, 5) is 78.7. The predicted molar refractivity (Wildman–Crippen MR) is 222 cm³/mol. The second-order valence-electron chi connectivity index (χ2n) is 17.4. The van der Waals surface area contributed by atoms with Crippen molar-refractivity contribution in [2.45, 2.75) is 147 Å². The van der Waals surface area contributed by atoms with Gasteiger partial charge in [0.25, 0.3) is 5.67 Å². The quantitative estimate of drug-likeness (QED) is 0.0953. The van der Waals surface area contributed by atoms with E-state index < -0.39 is 95.1 Å². The van der Waals surface area contributed by atoms with Gasteiger partial charge in [-0.1, -0.05) is 32.9 Å². The molecule has 4 rings (SSSR count). The molecule has 13 atom stereocenters. The number of aryl methyl sites for hydroxylation is 1. The van der Waals surface area contributed by atoms with Crippen molar-refractivity contribution < 1.29 is 71.5 Å². The number of oxime groups is 1. The molecule has 3 fully saturated rings. The molecule has 20 nitrogen and oxygen atoms in total. The summed E-state index contributed by atoms with van der Waals surface area (Å²) in [5, 5.41) is 17.2. The minimum absolute atomic E-state index is 0.0355. The molecule has 4 heterocycles. The summed E-state index contributed by atoms with van der Waals surface area (Å²) in [6.07, 6.45) is -4.07. The molecule has 3 aliphatic rings. The Hall–Kier alpha value is -4.28. The molecule has 2 unspecified atom stereocenters. The van der Waals surface area contributed by atoms with E-state index in [0.29, 0.717) is 12.1 Å². The summed E-state index contributed by atoms with van der Waals surface area (Å²) in [5.74, 6) is -6.96. The molecule has 3 aliphatic heterocycles. The summed E-state index contributed by atoms with van der Waals surface area (Å²) >= 11 is 0. The summed E-state index contributed by atoms with van der Waals surface area (Å²) in [6, 6.07) is -1.39. The number of halogens is 1. The van der Waals surface area contributed by atoms with Crippen LogP contribution in [0.2, 0.25) is 0 Å². The van der Waals surface area contributed by atoms with E-state index >= 15 is 4.39 Å². The number of hydrogen-bond acceptors (Lipinski definition) is 18. The van der Waals surface area contributed by atoms with Crippen LogP contribution in [0.5, 0.6) is 0 Å². The van der Waals surface area contributed by atoms with Gasteiger partial charge in [-0.15, -0.1) is 0 Å². The second-order valence-corrected chi connectivity index (χ2v) is 17.4. The Morgan fingerprint density at radius 2 is 1.70 bits per heavy atom. The highest BCUT2D eigenvalue weighted by atomic mass is 19.1. The van der Waals surface area contributed by atoms with Crippen molar-refractivity contribution in [2.24, 2.45) is 22.9 Å². The Kier molecular flexibility index (Phi) is 16.9. The third kappa shape index (κ3) is 10.3. The van der Waals surface area contributed by atoms with E-state index in [1.165, 1.54) is 44.2 Å². The Labute approximate surface area is 368 Å². The Bertz CT molecular complexity index is 1840. The van der Waals surface area contributed by atoms with Gasteiger partial charge in [0.1, 0.15) is 25.4 Å². The number of amides is 1. The van der Waals surface area contributed by atoms with Crippen LogP contribution in [0.25, 0.3) is 0 Å². The summed E-state index contributed by atoms with van der Waals surface area (Å²) in [7, 11) is 8.75. The normalized spacial score (nSPS) is 36.4. The number of fused-ring (bicyclic) bond motifs is 1. The van der Waals surface area contributed by atoms with Crippen LogP contribution in [0.4, 0.5) is 9.18 Å². The fourth-order valence-electron chi connectivity index (χ4n) is 9.38. The number of Topliss-reactive ketones (excluding diaryl/α,β-unsaturated/α-hetero) is 1. The van der Waals surface area contributed by atoms with E-state index in [4.69, 9.17) is 38.0 Å². The topological polar surface area (TPSA) is 228 Å². The van der Waals surface area contributed by atoms with Crippen molar-refractivity contribution >= 4 is 35.5 Å². The van der Waals surface area contributed by atoms with Crippen molar-refractivity contribution in [1.82, 2.24) is 24.9 Å². The number of rotatable bonds is 13. The average Bonchev–Trinajstić information content (AvgIpc) is 3.78. The Morgan fingerprint density at radius 3 is 2.27 bits per heavy atom. The van der Waals surface area contributed by atoms with Gasteiger partial charge in [0.15, 0.2) is 29.1 Å². The van der Waals surface area contributed by atoms with Crippen LogP contribution >= 0.6 is 0 Å². The van der Waals surface area contributed by atoms with Gasteiger partial charge in [0, 0.05) is 44.0 Å². The fraction of sp³-hybridized carbons (Fsp3) is 0.786. The van der Waals surface area contributed by atoms with Crippen LogP contribution in [-0.4, -0.2) is 169 Å². The molecule has 21 heteroatoms. The standard InChI is InChI=1S/C42H67FN6O14/c1-15-27-42(8)32(49(39(55)63-42)45-17-16-18-48-21-44-29(35(52)56-11)30(48)36(53)57-12)24(4)28(46-59-14)22(2)20-40(6,58-13)34(25(5)33(51)41(7,43)38(54)61-27)62-37-31(50)26(47(9)10)19-23(3)60-37/h21-27,31-32,34,37,45,50H,15-20H2,1-14H3/b46-28+/t22-,23-,24+,25?,26+,27-,31?,32-,34-,37+,40-,41+,42-/m1/s1. The lowest BCUT2D eigenvalue weighted by molar-refractivity contribution is -0.295. The van der Waals surface area contributed by atoms with Gasteiger partial charge < -0.3 is 52.6 Å². The third-order valence-corrected chi connectivity index (χ3v) is 12.8. The Morgan fingerprint density at radius 1 is 1.05 bits per heavy atom. The number of carbonyl (C=O) groups is 5. The fourth-order valence-corrected chi connectivity index (χ4v) is 9.38. The number of ketones is 1. The lowest BCUT2D eigenvalue weighted by atomic mass is 9.73. The van der Waals surface area contributed by atoms with Crippen molar-refractivity contribution in [2.75, 3.05) is 49.1 Å². The zero-order valence-electron chi connectivity index (χ0n) is 39.0. The number of aliphatic hydroxyl groups is 1. The molecular formula is C42H67FN6O14. The molecule has 0 aliphatic carbocycles. The number of esters is 3. The number of cyclic esters (lactones) is 1. The van der Waals surface area contributed by atoms with Gasteiger partial charge in [-0.2, -0.15) is 0 Å². The number of imidazole rings is 1. The van der Waals surface area contributed by atoms with Crippen molar-refractivity contribution in [3.63, 3.8) is 0 Å². The van der Waals surface area contributed by atoms with E-state index in [1.54, 1.807) is 27.7 Å². The van der Waals surface area contributed by atoms with Gasteiger partial charge in [-0.05, 0) is 67.5 Å². The molecule has 0 spiro atoms. The molecule has 1 aromatic heterocycles. The van der Waals surface area contributed by atoms with Gasteiger partial charge in [-0.25, -0.2) is 39.0 Å². The van der Waals surface area contributed by atoms with Crippen LogP contribution in [0.1, 0.15) is 102 Å². The average molecular weight is 899 g/mol. The number of nitrogens with one attached hydrogen (secondary N) is 1. The first kappa shape index (κ1) is 51.4. The number of aromatic nitrogens is 2. The number of methoxy groups -OCH3 is 3. The number of alkyl halides is 1. The number of carbonyl (C=O) groups excluding carboxylic acids is 5. The number of ether oxygens (including phenoxy) is 7. The van der Waals surface area contributed by atoms with Crippen LogP contribution in [0, 0.1) is 17.8 Å². The molecule has 0 saturated carbocycles. The largest absolute Gasteiger partial charge is 0.464 e. The predicted octanol–water partition coefficient (Wildman–Crippen LogP) is 3.08. The van der Waals surface area contributed by atoms with Crippen molar-refractivity contribution in [1.29, 1.82) is 0 Å². The van der Waals surface area contributed by atoms with Crippen molar-refractivity contribution in [3.05, 3.63) is 17.7 Å². The molecule has 0 radical (unpaired) electrons. The summed E-state index contributed by atoms with van der Waals surface area (Å²) in [6.45, 7) is 12.9. The molecule has 2 N–H and O–H groups in total. The number of hydrogen-bond donors (Lipinski definition) is 2. The number of likely N-dealkylation sites (N-methyl/N-ethyl adjacent to an activating group) is 1. The van der Waals surface area contributed by atoms with Crippen LogP contribution in [-0.2, 0) is 54.1 Å². The number of aliphatic hydroxyl groups excluding tert-OH is 1. The minimum atomic E-state index is -3.23. The van der Waals surface area contributed by atoms with Crippen LogP contribution < -0.4 is 5.43 Å². The lowest BCUT2D eigenvalue weighted by Crippen LogP contribution is -2.62. The number of nitrogens with zero attached hydrogens (tertiary/aromatic N) is 5. The van der Waals surface area contributed by atoms with E-state index in [1.807, 2.05) is 32.8 Å². The molecule has 63 heavy (non-hydrogen) atoms. The molecular weight excluding hydrogens is 831 g/mol. The summed E-state index contributed by atoms with van der Waals surface area (Å²) in [5.41, 5.74) is -3.12. The van der Waals surface area contributed by atoms with Gasteiger partial charge in [-0.3, -0.25) is 4.79 Å². The molecule has 0 bridgehead atoms. The molecule has 0 aromatic carbocycles. The SMILES string of the molecule is CC[C@H]1OC(=O)[C@@](C)(F)C(=O)C(C)[C@@H](O[C@@H]2O[C@H](C)C[C@H](N(C)C)C2O)[C@](C)(OC)C[C@@H](C)/C(=N\OC)[C@H](C)[C@H]2N(NCCCn3cnc(C(=O)OC)c3C(=O)OC)C(=O)O[C@]12C. The van der Waals surface area contributed by atoms with E-state index in [-0.39, 0.29) is 55.9 Å². The molecule has 3 saturated heterocycles. The van der Waals surface area contributed by atoms with E-state index in [9.17, 15) is 29.1 Å². The molecule has 1 aromatic rings.